The molecule has 0 saturated heterocycles. The monoisotopic (exact) mass is 248 g/mol. The van der Waals surface area contributed by atoms with Crippen molar-refractivity contribution in [1.82, 2.24) is 10.6 Å². The van der Waals surface area contributed by atoms with Gasteiger partial charge in [-0.05, 0) is 37.6 Å². The van der Waals surface area contributed by atoms with Gasteiger partial charge < -0.3 is 15.4 Å². The van der Waals surface area contributed by atoms with E-state index in [2.05, 4.69) is 10.6 Å². The highest BCUT2D eigenvalue weighted by molar-refractivity contribution is 5.77. The summed E-state index contributed by atoms with van der Waals surface area (Å²) in [7, 11) is 3.51. The number of ether oxygens (including phenoxy) is 1. The smallest absolute Gasteiger partial charge is 0.221 e. The van der Waals surface area contributed by atoms with Crippen LogP contribution in [0.2, 0.25) is 0 Å². The fourth-order valence-electron chi connectivity index (χ4n) is 2.09. The molecule has 0 atom stereocenters. The molecule has 4 heteroatoms. The average molecular weight is 248 g/mol. The van der Waals surface area contributed by atoms with Crippen LogP contribution in [0.25, 0.3) is 0 Å². The van der Waals surface area contributed by atoms with Crippen molar-refractivity contribution in [3.8, 4) is 5.75 Å². The van der Waals surface area contributed by atoms with Crippen molar-refractivity contribution < 1.29 is 9.53 Å². The molecule has 1 aliphatic rings. The summed E-state index contributed by atoms with van der Waals surface area (Å²) in [4.78, 5) is 11.8. The second-order valence-electron chi connectivity index (χ2n) is 4.71. The van der Waals surface area contributed by atoms with E-state index in [4.69, 9.17) is 4.74 Å². The molecule has 0 radical (unpaired) electrons. The van der Waals surface area contributed by atoms with E-state index in [1.54, 1.807) is 7.11 Å². The highest BCUT2D eigenvalue weighted by Gasteiger charge is 2.45. The van der Waals surface area contributed by atoms with Crippen LogP contribution in [0.15, 0.2) is 24.3 Å². The van der Waals surface area contributed by atoms with Gasteiger partial charge in [-0.2, -0.15) is 0 Å². The number of benzene rings is 1. The third-order valence-electron chi connectivity index (χ3n) is 3.37. The first kappa shape index (κ1) is 12.9. The minimum absolute atomic E-state index is 0.109. The van der Waals surface area contributed by atoms with Gasteiger partial charge in [0.15, 0.2) is 0 Å². The molecule has 2 rings (SSSR count). The molecule has 0 aliphatic heterocycles. The number of hydrogen-bond donors (Lipinski definition) is 2. The van der Waals surface area contributed by atoms with Crippen LogP contribution in [0.3, 0.4) is 0 Å². The van der Waals surface area contributed by atoms with Gasteiger partial charge in [0.2, 0.25) is 5.91 Å². The Morgan fingerprint density at radius 3 is 2.50 bits per heavy atom. The lowest BCUT2D eigenvalue weighted by atomic mass is 10.0. The molecule has 0 unspecified atom stereocenters. The number of nitrogens with one attached hydrogen (secondary N) is 2. The molecule has 0 heterocycles. The second kappa shape index (κ2) is 5.40. The molecule has 1 aliphatic carbocycles. The van der Waals surface area contributed by atoms with Crippen LogP contribution >= 0.6 is 0 Å². The van der Waals surface area contributed by atoms with Gasteiger partial charge in [-0.15, -0.1) is 0 Å². The lowest BCUT2D eigenvalue weighted by molar-refractivity contribution is -0.122. The molecule has 0 spiro atoms. The van der Waals surface area contributed by atoms with E-state index >= 15 is 0 Å². The molecular weight excluding hydrogens is 228 g/mol. The third kappa shape index (κ3) is 2.82. The maximum Gasteiger partial charge on any atom is 0.221 e. The van der Waals surface area contributed by atoms with E-state index in [9.17, 15) is 4.79 Å². The minimum Gasteiger partial charge on any atom is -0.497 e. The topological polar surface area (TPSA) is 50.4 Å². The van der Waals surface area contributed by atoms with Gasteiger partial charge in [0, 0.05) is 13.0 Å². The van der Waals surface area contributed by atoms with Gasteiger partial charge in [-0.25, -0.2) is 0 Å². The maximum atomic E-state index is 11.8. The van der Waals surface area contributed by atoms with Crippen molar-refractivity contribution in [2.45, 2.75) is 24.8 Å². The predicted octanol–water partition coefficient (Wildman–Crippen LogP) is 1.41. The van der Waals surface area contributed by atoms with Gasteiger partial charge in [-0.3, -0.25) is 4.79 Å². The Labute approximate surface area is 108 Å². The molecule has 0 aromatic heterocycles. The zero-order chi connectivity index (χ0) is 13.0. The number of methoxy groups -OCH3 is 1. The number of carbonyl (C=O) groups excluding carboxylic acids is 1. The average Bonchev–Trinajstić information content (AvgIpc) is 3.17. The Kier molecular flexibility index (Phi) is 3.87. The SMILES string of the molecule is CNCCC(=O)NC1(c2ccc(OC)cc2)CC1. The van der Waals surface area contributed by atoms with Crippen LogP contribution in [-0.4, -0.2) is 26.6 Å². The quantitative estimate of drug-likeness (QED) is 0.800. The van der Waals surface area contributed by atoms with Gasteiger partial charge >= 0.3 is 0 Å². The van der Waals surface area contributed by atoms with Crippen LogP contribution in [0, 0.1) is 0 Å². The third-order valence-corrected chi connectivity index (χ3v) is 3.37. The largest absolute Gasteiger partial charge is 0.497 e. The number of carbonyl (C=O) groups is 1. The standard InChI is InChI=1S/C14H20N2O2/c1-15-10-7-13(17)16-14(8-9-14)11-3-5-12(18-2)6-4-11/h3-6,15H,7-10H2,1-2H3,(H,16,17). The summed E-state index contributed by atoms with van der Waals surface area (Å²) in [5.41, 5.74) is 1.04. The summed E-state index contributed by atoms with van der Waals surface area (Å²) >= 11 is 0. The first-order chi connectivity index (χ1) is 8.70. The normalized spacial score (nSPS) is 16.1. The van der Waals surface area contributed by atoms with Gasteiger partial charge in [0.25, 0.3) is 0 Å². The summed E-state index contributed by atoms with van der Waals surface area (Å²) in [6, 6.07) is 7.94. The van der Waals surface area contributed by atoms with E-state index in [1.165, 1.54) is 5.56 Å². The van der Waals surface area contributed by atoms with Crippen LogP contribution in [0.1, 0.15) is 24.8 Å². The van der Waals surface area contributed by atoms with E-state index in [0.717, 1.165) is 18.6 Å². The molecule has 1 amide bonds. The Hall–Kier alpha value is -1.55. The second-order valence-corrected chi connectivity index (χ2v) is 4.71. The van der Waals surface area contributed by atoms with Crippen molar-refractivity contribution in [3.05, 3.63) is 29.8 Å². The summed E-state index contributed by atoms with van der Waals surface area (Å²) in [6.45, 7) is 0.713. The molecule has 1 saturated carbocycles. The predicted molar refractivity (Wildman–Crippen MR) is 70.6 cm³/mol. The number of amides is 1. The minimum atomic E-state index is -0.128. The van der Waals surface area contributed by atoms with Crippen molar-refractivity contribution in [3.63, 3.8) is 0 Å². The highest BCUT2D eigenvalue weighted by atomic mass is 16.5. The van der Waals surface area contributed by atoms with Crippen molar-refractivity contribution in [2.75, 3.05) is 20.7 Å². The molecular formula is C14H20N2O2. The van der Waals surface area contributed by atoms with Crippen LogP contribution in [-0.2, 0) is 10.3 Å². The van der Waals surface area contributed by atoms with E-state index < -0.39 is 0 Å². The maximum absolute atomic E-state index is 11.8. The zero-order valence-corrected chi connectivity index (χ0v) is 11.0. The van der Waals surface area contributed by atoms with Crippen LogP contribution in [0.5, 0.6) is 5.75 Å². The van der Waals surface area contributed by atoms with Crippen molar-refractivity contribution in [1.29, 1.82) is 0 Å². The fourth-order valence-corrected chi connectivity index (χ4v) is 2.09. The lowest BCUT2D eigenvalue weighted by Crippen LogP contribution is -2.36. The molecule has 1 aromatic carbocycles. The number of hydrogen-bond acceptors (Lipinski definition) is 3. The summed E-state index contributed by atoms with van der Waals surface area (Å²) < 4.78 is 5.14. The lowest BCUT2D eigenvalue weighted by Gasteiger charge is -2.18. The van der Waals surface area contributed by atoms with E-state index in [-0.39, 0.29) is 11.4 Å². The van der Waals surface area contributed by atoms with E-state index in [0.29, 0.717) is 13.0 Å². The van der Waals surface area contributed by atoms with Gasteiger partial charge in [-0.1, -0.05) is 12.1 Å². The number of rotatable bonds is 6. The summed E-state index contributed by atoms with van der Waals surface area (Å²) in [5.74, 6) is 0.953. The van der Waals surface area contributed by atoms with Gasteiger partial charge in [0.05, 0.1) is 12.6 Å². The van der Waals surface area contributed by atoms with Gasteiger partial charge in [0.1, 0.15) is 5.75 Å². The molecule has 1 fully saturated rings. The Balaban J connectivity index is 2.00. The Bertz CT molecular complexity index is 410. The van der Waals surface area contributed by atoms with E-state index in [1.807, 2.05) is 31.3 Å². The fraction of sp³-hybridized carbons (Fsp3) is 0.500. The first-order valence-electron chi connectivity index (χ1n) is 6.30. The highest BCUT2D eigenvalue weighted by Crippen LogP contribution is 2.45. The molecule has 2 N–H and O–H groups in total. The molecule has 18 heavy (non-hydrogen) atoms. The Morgan fingerprint density at radius 2 is 2.00 bits per heavy atom. The van der Waals surface area contributed by atoms with Crippen LogP contribution in [0.4, 0.5) is 0 Å². The molecule has 98 valence electrons. The first-order valence-corrected chi connectivity index (χ1v) is 6.30. The summed E-state index contributed by atoms with van der Waals surface area (Å²) in [6.07, 6.45) is 2.56. The molecule has 1 aromatic rings. The summed E-state index contributed by atoms with van der Waals surface area (Å²) in [5, 5.41) is 6.12. The zero-order valence-electron chi connectivity index (χ0n) is 11.0. The van der Waals surface area contributed by atoms with Crippen LogP contribution < -0.4 is 15.4 Å². The molecule has 4 nitrogen and oxygen atoms in total. The molecule has 0 bridgehead atoms. The van der Waals surface area contributed by atoms with Crippen molar-refractivity contribution in [2.24, 2.45) is 0 Å². The Morgan fingerprint density at radius 1 is 1.33 bits per heavy atom. The van der Waals surface area contributed by atoms with Crippen molar-refractivity contribution >= 4 is 5.91 Å².